The fourth-order valence-electron chi connectivity index (χ4n) is 3.86. The number of carboxylic acid groups (broad SMARTS) is 1. The summed E-state index contributed by atoms with van der Waals surface area (Å²) in [7, 11) is 0. The summed E-state index contributed by atoms with van der Waals surface area (Å²) in [5.41, 5.74) is 0.860. The first-order chi connectivity index (χ1) is 16.5. The van der Waals surface area contributed by atoms with Crippen LogP contribution < -0.4 is 15.5 Å². The van der Waals surface area contributed by atoms with E-state index in [1.54, 1.807) is 11.6 Å². The van der Waals surface area contributed by atoms with Gasteiger partial charge in [-0.15, -0.1) is 22.7 Å². The fraction of sp³-hybridized carbons (Fsp3) is 0.400. The minimum Gasteiger partial charge on any atom is -0.475 e. The van der Waals surface area contributed by atoms with E-state index in [1.165, 1.54) is 22.1 Å². The Bertz CT molecular complexity index is 1220. The van der Waals surface area contributed by atoms with Crippen LogP contribution in [0.2, 0.25) is 0 Å². The highest BCUT2D eigenvalue weighted by atomic mass is 32.1. The van der Waals surface area contributed by atoms with E-state index in [0.717, 1.165) is 43.1 Å². The Kier molecular flexibility index (Phi) is 7.19. The van der Waals surface area contributed by atoms with Crippen molar-refractivity contribution in [3.8, 4) is 0 Å². The van der Waals surface area contributed by atoms with Gasteiger partial charge in [0.05, 0.1) is 23.0 Å². The molecule has 1 amide bonds. The topological polar surface area (TPSA) is 107 Å². The molecule has 3 N–H and O–H groups in total. The van der Waals surface area contributed by atoms with E-state index in [-0.39, 0.29) is 11.3 Å². The SMILES string of the molecule is O=C(Nc1cscc1C(F)F)c1csc2ncc(N3C[C@@H]4CC[C@H]3CN4)nc12.O=C(O)C(F)(F)F. The number of halogens is 5. The van der Waals surface area contributed by atoms with Crippen LogP contribution >= 0.6 is 22.7 Å². The molecule has 0 spiro atoms. The van der Waals surface area contributed by atoms with Gasteiger partial charge in [-0.05, 0) is 12.8 Å². The number of hydrogen-bond donors (Lipinski definition) is 3. The van der Waals surface area contributed by atoms with Crippen molar-refractivity contribution in [2.45, 2.75) is 37.5 Å². The van der Waals surface area contributed by atoms with Gasteiger partial charge in [-0.3, -0.25) is 4.79 Å². The molecule has 3 aliphatic rings. The van der Waals surface area contributed by atoms with Crippen molar-refractivity contribution >= 4 is 56.4 Å². The molecule has 188 valence electrons. The second-order valence-electron chi connectivity index (χ2n) is 7.82. The summed E-state index contributed by atoms with van der Waals surface area (Å²) in [6.07, 6.45) is -3.68. The van der Waals surface area contributed by atoms with Crippen molar-refractivity contribution in [1.82, 2.24) is 15.3 Å². The maximum Gasteiger partial charge on any atom is 0.490 e. The number of carboxylic acids is 1. The quantitative estimate of drug-likeness (QED) is 0.422. The zero-order chi connectivity index (χ0) is 25.3. The lowest BCUT2D eigenvalue weighted by Crippen LogP contribution is -2.61. The van der Waals surface area contributed by atoms with Crippen molar-refractivity contribution in [2.24, 2.45) is 0 Å². The molecule has 0 aromatic carbocycles. The maximum absolute atomic E-state index is 13.1. The number of anilines is 2. The van der Waals surface area contributed by atoms with Crippen LogP contribution in [0.5, 0.6) is 0 Å². The van der Waals surface area contributed by atoms with Gasteiger partial charge in [0.2, 0.25) is 0 Å². The maximum atomic E-state index is 13.1. The van der Waals surface area contributed by atoms with E-state index < -0.39 is 24.5 Å². The molecule has 3 saturated heterocycles. The van der Waals surface area contributed by atoms with Gasteiger partial charge in [-0.1, -0.05) is 0 Å². The molecule has 0 unspecified atom stereocenters. The molecule has 0 radical (unpaired) electrons. The summed E-state index contributed by atoms with van der Waals surface area (Å²) in [4.78, 5) is 33.8. The fourth-order valence-corrected chi connectivity index (χ4v) is 5.46. The van der Waals surface area contributed by atoms with Crippen molar-refractivity contribution in [3.05, 3.63) is 33.5 Å². The van der Waals surface area contributed by atoms with Crippen molar-refractivity contribution in [3.63, 3.8) is 0 Å². The highest BCUT2D eigenvalue weighted by Crippen LogP contribution is 2.33. The number of rotatable bonds is 4. The summed E-state index contributed by atoms with van der Waals surface area (Å²) >= 11 is 2.46. The normalized spacial score (nSPS) is 19.5. The number of carbonyl (C=O) groups is 2. The number of piperazine rings is 1. The second kappa shape index (κ2) is 9.99. The van der Waals surface area contributed by atoms with Crippen molar-refractivity contribution in [2.75, 3.05) is 23.3 Å². The van der Waals surface area contributed by atoms with E-state index in [2.05, 4.69) is 20.5 Å². The van der Waals surface area contributed by atoms with E-state index >= 15 is 0 Å². The zero-order valence-electron chi connectivity index (χ0n) is 17.7. The first-order valence-corrected chi connectivity index (χ1v) is 12.1. The molecule has 0 saturated carbocycles. The minimum absolute atomic E-state index is 0.146. The Morgan fingerprint density at radius 2 is 1.97 bits per heavy atom. The monoisotopic (exact) mass is 535 g/mol. The van der Waals surface area contributed by atoms with Gasteiger partial charge in [0, 0.05) is 41.3 Å². The van der Waals surface area contributed by atoms with Crippen LogP contribution in [0.4, 0.5) is 33.5 Å². The number of nitrogens with zero attached hydrogens (tertiary/aromatic N) is 3. The van der Waals surface area contributed by atoms with E-state index in [4.69, 9.17) is 14.9 Å². The average molecular weight is 536 g/mol. The molecule has 3 aliphatic heterocycles. The number of fused-ring (bicyclic) bond motifs is 4. The van der Waals surface area contributed by atoms with Gasteiger partial charge in [0.25, 0.3) is 12.3 Å². The molecule has 0 aliphatic carbocycles. The van der Waals surface area contributed by atoms with Gasteiger partial charge in [-0.25, -0.2) is 23.5 Å². The Labute approximate surface area is 202 Å². The van der Waals surface area contributed by atoms with Crippen LogP contribution in [-0.2, 0) is 4.79 Å². The first-order valence-electron chi connectivity index (χ1n) is 10.2. The van der Waals surface area contributed by atoms with E-state index in [1.807, 2.05) is 0 Å². The smallest absolute Gasteiger partial charge is 0.475 e. The number of piperidine rings is 2. The number of nitrogens with one attached hydrogen (secondary N) is 2. The summed E-state index contributed by atoms with van der Waals surface area (Å²) in [6.45, 7) is 1.80. The molecule has 6 heterocycles. The molecule has 15 heteroatoms. The highest BCUT2D eigenvalue weighted by Gasteiger charge is 2.38. The number of alkyl halides is 5. The van der Waals surface area contributed by atoms with Crippen LogP contribution in [0.1, 0.15) is 35.2 Å². The molecular formula is C20H18F5N5O3S2. The predicted octanol–water partition coefficient (Wildman–Crippen LogP) is 4.52. The molecule has 3 aromatic heterocycles. The highest BCUT2D eigenvalue weighted by molar-refractivity contribution is 7.17. The predicted molar refractivity (Wildman–Crippen MR) is 120 cm³/mol. The third-order valence-corrected chi connectivity index (χ3v) is 7.21. The minimum atomic E-state index is -5.08. The summed E-state index contributed by atoms with van der Waals surface area (Å²) in [5, 5.41) is 17.8. The van der Waals surface area contributed by atoms with Crippen LogP contribution in [0.25, 0.3) is 10.3 Å². The lowest BCUT2D eigenvalue weighted by atomic mass is 9.93. The lowest BCUT2D eigenvalue weighted by Gasteiger charge is -2.46. The Morgan fingerprint density at radius 3 is 2.54 bits per heavy atom. The second-order valence-corrected chi connectivity index (χ2v) is 9.42. The number of aliphatic carboxylic acids is 1. The van der Waals surface area contributed by atoms with E-state index in [9.17, 15) is 26.7 Å². The van der Waals surface area contributed by atoms with Crippen LogP contribution in [0.3, 0.4) is 0 Å². The van der Waals surface area contributed by atoms with Crippen molar-refractivity contribution in [1.29, 1.82) is 0 Å². The molecule has 6 rings (SSSR count). The molecule has 2 atom stereocenters. The molecule has 3 aromatic rings. The number of aromatic nitrogens is 2. The van der Waals surface area contributed by atoms with Gasteiger partial charge in [0.15, 0.2) is 0 Å². The summed E-state index contributed by atoms with van der Waals surface area (Å²) in [5.74, 6) is -2.44. The standard InChI is InChI=1S/C18H17F2N5OS2.C2HF3O2/c19-16(20)11-6-27-8-13(11)23-17(26)12-7-28-18-15(12)24-14(4-22-18)25-5-9-1-2-10(25)3-21-9;3-2(4,5)1(6)7/h4,6-10,16,21H,1-3,5H2,(H,23,26);(H,6,7)/t9-,10-;/m0./s1. The molecule has 3 fully saturated rings. The molecular weight excluding hydrogens is 517 g/mol. The number of hydrogen-bond acceptors (Lipinski definition) is 8. The van der Waals surface area contributed by atoms with Crippen LogP contribution in [0.15, 0.2) is 22.3 Å². The summed E-state index contributed by atoms with van der Waals surface area (Å²) < 4.78 is 57.9. The number of thiophene rings is 2. The third-order valence-electron chi connectivity index (χ3n) is 5.57. The van der Waals surface area contributed by atoms with E-state index in [0.29, 0.717) is 28.0 Å². The summed E-state index contributed by atoms with van der Waals surface area (Å²) in [6, 6.07) is 0.839. The zero-order valence-corrected chi connectivity index (χ0v) is 19.3. The number of amides is 1. The van der Waals surface area contributed by atoms with Crippen LogP contribution in [-0.4, -0.2) is 58.3 Å². The van der Waals surface area contributed by atoms with Gasteiger partial charge in [-0.2, -0.15) is 13.2 Å². The Morgan fingerprint density at radius 1 is 1.23 bits per heavy atom. The molecule has 35 heavy (non-hydrogen) atoms. The van der Waals surface area contributed by atoms with Crippen molar-refractivity contribution < 1.29 is 36.6 Å². The molecule has 8 nitrogen and oxygen atoms in total. The Balaban J connectivity index is 0.000000364. The van der Waals surface area contributed by atoms with Gasteiger partial charge >= 0.3 is 12.1 Å². The van der Waals surface area contributed by atoms with Gasteiger partial charge < -0.3 is 20.6 Å². The van der Waals surface area contributed by atoms with Crippen LogP contribution in [0, 0.1) is 0 Å². The van der Waals surface area contributed by atoms with Gasteiger partial charge in [0.1, 0.15) is 16.2 Å². The molecule has 2 bridgehead atoms. The Hall–Kier alpha value is -2.91. The third kappa shape index (κ3) is 5.51. The number of carbonyl (C=O) groups excluding carboxylic acids is 1. The largest absolute Gasteiger partial charge is 0.490 e. The lowest BCUT2D eigenvalue weighted by molar-refractivity contribution is -0.192. The average Bonchev–Trinajstić information content (AvgIpc) is 3.46. The first kappa shape index (κ1) is 25.2.